The van der Waals surface area contributed by atoms with Crippen LogP contribution < -0.4 is 15.6 Å². The number of aromatic carboxylic acids is 1. The van der Waals surface area contributed by atoms with Crippen LogP contribution in [0.1, 0.15) is 27.6 Å². The SMILES string of the molecule is CCn1cc(C(=O)O)c(=O)c2cc(F)c(N3CCN(C(=O)CNC(=O)c4cccc(O)c4O)CC3)cc21. The van der Waals surface area contributed by atoms with Crippen LogP contribution in [0.25, 0.3) is 10.9 Å². The van der Waals surface area contributed by atoms with Crippen molar-refractivity contribution < 1.29 is 34.1 Å². The monoisotopic (exact) mass is 512 g/mol. The van der Waals surface area contributed by atoms with Crippen LogP contribution in [-0.2, 0) is 11.3 Å². The summed E-state index contributed by atoms with van der Waals surface area (Å²) in [5.74, 6) is -4.17. The van der Waals surface area contributed by atoms with E-state index < -0.39 is 40.2 Å². The molecule has 3 aromatic rings. The van der Waals surface area contributed by atoms with E-state index in [0.717, 1.165) is 6.07 Å². The summed E-state index contributed by atoms with van der Waals surface area (Å²) >= 11 is 0. The molecule has 2 amide bonds. The van der Waals surface area contributed by atoms with Gasteiger partial charge in [-0.3, -0.25) is 14.4 Å². The lowest BCUT2D eigenvalue weighted by Gasteiger charge is -2.36. The van der Waals surface area contributed by atoms with Crippen molar-refractivity contribution in [3.63, 3.8) is 0 Å². The number of fused-ring (bicyclic) bond motifs is 1. The van der Waals surface area contributed by atoms with E-state index in [1.807, 2.05) is 0 Å². The number of aromatic nitrogens is 1. The number of anilines is 1. The van der Waals surface area contributed by atoms with Crippen molar-refractivity contribution in [3.8, 4) is 11.5 Å². The Hall–Kier alpha value is -4.61. The number of hydrogen-bond acceptors (Lipinski definition) is 7. The molecule has 1 fully saturated rings. The van der Waals surface area contributed by atoms with Gasteiger partial charge in [-0.1, -0.05) is 6.07 Å². The molecule has 0 unspecified atom stereocenters. The van der Waals surface area contributed by atoms with Gasteiger partial charge in [-0.15, -0.1) is 0 Å². The number of phenols is 2. The van der Waals surface area contributed by atoms with Crippen LogP contribution in [0.5, 0.6) is 11.5 Å². The van der Waals surface area contributed by atoms with Crippen LogP contribution in [0.2, 0.25) is 0 Å². The summed E-state index contributed by atoms with van der Waals surface area (Å²) in [4.78, 5) is 52.1. The second-order valence-electron chi connectivity index (χ2n) is 8.51. The zero-order valence-electron chi connectivity index (χ0n) is 19.9. The number of benzene rings is 2. The van der Waals surface area contributed by atoms with Crippen LogP contribution in [-0.4, -0.2) is 75.3 Å². The summed E-state index contributed by atoms with van der Waals surface area (Å²) in [7, 11) is 0. The predicted octanol–water partition coefficient (Wildman–Crippen LogP) is 1.35. The first-order valence-corrected chi connectivity index (χ1v) is 11.5. The summed E-state index contributed by atoms with van der Waals surface area (Å²) in [5.41, 5.74) is -0.707. The summed E-state index contributed by atoms with van der Waals surface area (Å²) in [6.45, 7) is 2.91. The Labute approximate surface area is 210 Å². The number of nitrogens with zero attached hydrogens (tertiary/aromatic N) is 3. The van der Waals surface area contributed by atoms with Gasteiger partial charge in [-0.05, 0) is 31.2 Å². The average Bonchev–Trinajstić information content (AvgIpc) is 2.88. The molecule has 4 rings (SSSR count). The van der Waals surface area contributed by atoms with Crippen molar-refractivity contribution in [2.75, 3.05) is 37.6 Å². The number of halogens is 1. The number of aromatic hydroxyl groups is 2. The smallest absolute Gasteiger partial charge is 0.341 e. The highest BCUT2D eigenvalue weighted by Gasteiger charge is 2.25. The van der Waals surface area contributed by atoms with Crippen molar-refractivity contribution in [3.05, 3.63) is 63.7 Å². The highest BCUT2D eigenvalue weighted by Crippen LogP contribution is 2.28. The van der Waals surface area contributed by atoms with Crippen molar-refractivity contribution in [2.45, 2.75) is 13.5 Å². The molecule has 194 valence electrons. The normalized spacial score (nSPS) is 13.6. The van der Waals surface area contributed by atoms with E-state index in [1.165, 1.54) is 35.4 Å². The molecule has 0 atom stereocenters. The van der Waals surface area contributed by atoms with E-state index in [1.54, 1.807) is 16.4 Å². The molecule has 0 saturated carbocycles. The molecular formula is C25H25FN4O7. The molecule has 1 aromatic heterocycles. The Bertz CT molecular complexity index is 1460. The van der Waals surface area contributed by atoms with E-state index in [-0.39, 0.29) is 42.2 Å². The van der Waals surface area contributed by atoms with Crippen LogP contribution in [0, 0.1) is 5.82 Å². The van der Waals surface area contributed by atoms with E-state index in [2.05, 4.69) is 5.32 Å². The molecule has 4 N–H and O–H groups in total. The Morgan fingerprint density at radius 1 is 1.05 bits per heavy atom. The van der Waals surface area contributed by atoms with E-state index in [9.17, 15) is 34.5 Å². The molecule has 0 radical (unpaired) electrons. The molecule has 2 aromatic carbocycles. The van der Waals surface area contributed by atoms with Crippen molar-refractivity contribution >= 4 is 34.4 Å². The Morgan fingerprint density at radius 3 is 2.41 bits per heavy atom. The van der Waals surface area contributed by atoms with E-state index >= 15 is 4.39 Å². The molecule has 1 aliphatic rings. The molecule has 12 heteroatoms. The maximum Gasteiger partial charge on any atom is 0.341 e. The van der Waals surface area contributed by atoms with Gasteiger partial charge in [-0.2, -0.15) is 0 Å². The van der Waals surface area contributed by atoms with Gasteiger partial charge in [0, 0.05) is 44.3 Å². The number of amides is 2. The third-order valence-corrected chi connectivity index (χ3v) is 6.35. The Morgan fingerprint density at radius 2 is 1.76 bits per heavy atom. The van der Waals surface area contributed by atoms with Gasteiger partial charge in [0.2, 0.25) is 11.3 Å². The number of para-hydroxylation sites is 1. The predicted molar refractivity (Wildman–Crippen MR) is 132 cm³/mol. The second kappa shape index (κ2) is 10.2. The van der Waals surface area contributed by atoms with Crippen molar-refractivity contribution in [1.82, 2.24) is 14.8 Å². The summed E-state index contributed by atoms with van der Waals surface area (Å²) in [5, 5.41) is 31.0. The minimum absolute atomic E-state index is 0.0228. The largest absolute Gasteiger partial charge is 0.504 e. The fourth-order valence-electron chi connectivity index (χ4n) is 4.33. The van der Waals surface area contributed by atoms with Gasteiger partial charge >= 0.3 is 5.97 Å². The quantitative estimate of drug-likeness (QED) is 0.361. The highest BCUT2D eigenvalue weighted by atomic mass is 19.1. The Balaban J connectivity index is 1.45. The lowest BCUT2D eigenvalue weighted by molar-refractivity contribution is -0.130. The third-order valence-electron chi connectivity index (χ3n) is 6.35. The average molecular weight is 512 g/mol. The number of hydrogen-bond donors (Lipinski definition) is 4. The second-order valence-corrected chi connectivity index (χ2v) is 8.51. The van der Waals surface area contributed by atoms with Crippen LogP contribution in [0.4, 0.5) is 10.1 Å². The maximum absolute atomic E-state index is 15.0. The highest BCUT2D eigenvalue weighted by molar-refractivity contribution is 5.99. The van der Waals surface area contributed by atoms with E-state index in [0.29, 0.717) is 25.2 Å². The number of aryl methyl sites for hydroxylation is 1. The lowest BCUT2D eigenvalue weighted by atomic mass is 10.1. The standard InChI is InChI=1S/C25H25FN4O7/c1-2-28-13-16(25(36)37)22(33)15-10-17(26)19(11-18(15)28)29-6-8-30(9-7-29)21(32)12-27-24(35)14-4-3-5-20(31)23(14)34/h3-5,10-11,13,31,34H,2,6-9,12H2,1H3,(H,27,35)(H,36,37). The number of carboxylic acid groups (broad SMARTS) is 1. The van der Waals surface area contributed by atoms with Crippen molar-refractivity contribution in [1.29, 1.82) is 0 Å². The maximum atomic E-state index is 15.0. The summed E-state index contributed by atoms with van der Waals surface area (Å²) in [6, 6.07) is 6.49. The fraction of sp³-hybridized carbons (Fsp3) is 0.280. The molecule has 0 aliphatic carbocycles. The third kappa shape index (κ3) is 4.90. The molecule has 0 spiro atoms. The number of rotatable bonds is 6. The van der Waals surface area contributed by atoms with Crippen LogP contribution in [0.3, 0.4) is 0 Å². The molecule has 11 nitrogen and oxygen atoms in total. The van der Waals surface area contributed by atoms with Crippen LogP contribution >= 0.6 is 0 Å². The number of phenolic OH excluding ortho intramolecular Hbond substituents is 2. The first-order valence-electron chi connectivity index (χ1n) is 11.5. The Kier molecular flexibility index (Phi) is 7.00. The number of piperazine rings is 1. The first-order chi connectivity index (χ1) is 17.6. The van der Waals surface area contributed by atoms with Gasteiger partial charge in [0.25, 0.3) is 5.91 Å². The van der Waals surface area contributed by atoms with Gasteiger partial charge < -0.3 is 35.0 Å². The van der Waals surface area contributed by atoms with Gasteiger partial charge in [0.05, 0.1) is 23.3 Å². The fourth-order valence-corrected chi connectivity index (χ4v) is 4.33. The topological polar surface area (TPSA) is 152 Å². The molecule has 0 bridgehead atoms. The number of carboxylic acids is 1. The first kappa shape index (κ1) is 25.5. The molecule has 37 heavy (non-hydrogen) atoms. The van der Waals surface area contributed by atoms with Gasteiger partial charge in [-0.25, -0.2) is 9.18 Å². The molecule has 1 saturated heterocycles. The number of nitrogens with one attached hydrogen (secondary N) is 1. The summed E-state index contributed by atoms with van der Waals surface area (Å²) < 4.78 is 16.6. The van der Waals surface area contributed by atoms with Gasteiger partial charge in [0.1, 0.15) is 11.4 Å². The van der Waals surface area contributed by atoms with Gasteiger partial charge in [0.15, 0.2) is 11.5 Å². The number of carbonyl (C=O) groups is 3. The zero-order chi connectivity index (χ0) is 26.9. The molecular weight excluding hydrogens is 487 g/mol. The zero-order valence-corrected chi connectivity index (χ0v) is 19.9. The summed E-state index contributed by atoms with van der Waals surface area (Å²) in [6.07, 6.45) is 1.25. The number of pyridine rings is 1. The molecule has 1 aliphatic heterocycles. The van der Waals surface area contributed by atoms with Crippen LogP contribution in [0.15, 0.2) is 41.3 Å². The molecule has 2 heterocycles. The number of carbonyl (C=O) groups excluding carboxylic acids is 2. The lowest BCUT2D eigenvalue weighted by Crippen LogP contribution is -2.51. The van der Waals surface area contributed by atoms with Crippen molar-refractivity contribution in [2.24, 2.45) is 0 Å². The van der Waals surface area contributed by atoms with E-state index in [4.69, 9.17) is 0 Å². The minimum Gasteiger partial charge on any atom is -0.504 e. The minimum atomic E-state index is -1.38.